The summed E-state index contributed by atoms with van der Waals surface area (Å²) in [5.74, 6) is 0.848. The van der Waals surface area contributed by atoms with Crippen molar-refractivity contribution < 1.29 is 14.3 Å². The fraction of sp³-hybridized carbons (Fsp3) is 0.625. The number of fused-ring (bicyclic) bond motifs is 4. The van der Waals surface area contributed by atoms with Gasteiger partial charge in [0.05, 0.1) is 22.8 Å². The number of anilines is 1. The minimum atomic E-state index is -0.415. The maximum atomic E-state index is 12.4. The molecule has 170 valence electrons. The highest BCUT2D eigenvalue weighted by molar-refractivity contribution is 6.35. The number of unbranched alkanes of at least 4 members (excludes halogenated alkanes) is 2. The number of rotatable bonds is 9. The van der Waals surface area contributed by atoms with Crippen molar-refractivity contribution in [2.45, 2.75) is 89.3 Å². The van der Waals surface area contributed by atoms with Gasteiger partial charge in [-0.25, -0.2) is 4.79 Å². The Morgan fingerprint density at radius 3 is 2.77 bits per heavy atom. The van der Waals surface area contributed by atoms with E-state index in [1.807, 2.05) is 12.1 Å². The van der Waals surface area contributed by atoms with E-state index in [1.165, 1.54) is 19.3 Å². The van der Waals surface area contributed by atoms with Gasteiger partial charge in [0.1, 0.15) is 11.3 Å². The lowest BCUT2D eigenvalue weighted by Crippen LogP contribution is -2.52. The van der Waals surface area contributed by atoms with Gasteiger partial charge in [-0.15, -0.1) is 0 Å². The number of halogens is 1. The van der Waals surface area contributed by atoms with Gasteiger partial charge in [0.25, 0.3) is 0 Å². The number of furan rings is 1. The summed E-state index contributed by atoms with van der Waals surface area (Å²) < 4.78 is 6.36. The van der Waals surface area contributed by atoms with Crippen LogP contribution in [0.3, 0.4) is 0 Å². The summed E-state index contributed by atoms with van der Waals surface area (Å²) in [7, 11) is 0. The number of aliphatic hydroxyl groups is 1. The van der Waals surface area contributed by atoms with E-state index in [-0.39, 0.29) is 18.7 Å². The molecular weight excluding hydrogens is 414 g/mol. The van der Waals surface area contributed by atoms with Crippen molar-refractivity contribution in [2.75, 3.05) is 11.9 Å². The minimum absolute atomic E-state index is 0.181. The van der Waals surface area contributed by atoms with Crippen LogP contribution in [0, 0.1) is 0 Å². The number of carbonyl (C=O) groups excluding carboxylic acids is 1. The van der Waals surface area contributed by atoms with Gasteiger partial charge in [-0.2, -0.15) is 0 Å². The zero-order valence-electron chi connectivity index (χ0n) is 18.4. The predicted octanol–water partition coefficient (Wildman–Crippen LogP) is 5.80. The molecule has 1 aliphatic carbocycles. The SMILES string of the molecule is CCCCCC(CCO)NCc1cc2cc(Cl)c3c(c2o1)C1(CCCCC1)NC(=O)N3. The highest BCUT2D eigenvalue weighted by Gasteiger charge is 2.43. The summed E-state index contributed by atoms with van der Waals surface area (Å²) in [6.45, 7) is 2.98. The topological polar surface area (TPSA) is 86.5 Å². The first kappa shape index (κ1) is 22.4. The molecule has 2 amide bonds. The second-order valence-electron chi connectivity index (χ2n) is 9.05. The van der Waals surface area contributed by atoms with Crippen molar-refractivity contribution in [2.24, 2.45) is 0 Å². The fourth-order valence-electron chi connectivity index (χ4n) is 5.21. The van der Waals surface area contributed by atoms with Gasteiger partial charge >= 0.3 is 6.03 Å². The van der Waals surface area contributed by atoms with Gasteiger partial charge < -0.3 is 25.5 Å². The molecule has 4 N–H and O–H groups in total. The minimum Gasteiger partial charge on any atom is -0.459 e. The number of urea groups is 1. The van der Waals surface area contributed by atoms with Gasteiger partial charge in [-0.3, -0.25) is 0 Å². The summed E-state index contributed by atoms with van der Waals surface area (Å²) in [6, 6.07) is 4.01. The highest BCUT2D eigenvalue weighted by Crippen LogP contribution is 2.48. The van der Waals surface area contributed by atoms with Gasteiger partial charge in [0, 0.05) is 23.6 Å². The second kappa shape index (κ2) is 9.80. The van der Waals surface area contributed by atoms with Crippen LogP contribution in [-0.2, 0) is 12.1 Å². The summed E-state index contributed by atoms with van der Waals surface area (Å²) >= 11 is 6.61. The average Bonchev–Trinajstić information content (AvgIpc) is 3.15. The predicted molar refractivity (Wildman–Crippen MR) is 125 cm³/mol. The number of aliphatic hydroxyl groups excluding tert-OH is 1. The van der Waals surface area contributed by atoms with Crippen molar-refractivity contribution in [3.63, 3.8) is 0 Å². The van der Waals surface area contributed by atoms with Gasteiger partial charge in [-0.1, -0.05) is 57.0 Å². The standard InChI is InChI=1S/C24H34ClN3O3/c1-2-3-5-8-17(9-12-29)26-15-18-13-16-14-19(25)21-20(22(16)31-18)24(28-23(30)27-21)10-6-4-7-11-24/h13-14,17,26,29H,2-12,15H2,1H3,(H2,27,28,30). The molecule has 2 aliphatic rings. The maximum Gasteiger partial charge on any atom is 0.319 e. The molecule has 1 unspecified atom stereocenters. The Balaban J connectivity index is 1.62. The lowest BCUT2D eigenvalue weighted by molar-refractivity contribution is 0.208. The molecule has 1 aliphatic heterocycles. The van der Waals surface area contributed by atoms with E-state index in [4.69, 9.17) is 16.0 Å². The summed E-state index contributed by atoms with van der Waals surface area (Å²) in [6.07, 6.45) is 10.5. The molecule has 1 spiro atoms. The van der Waals surface area contributed by atoms with Crippen LogP contribution in [0.25, 0.3) is 11.0 Å². The number of nitrogens with one attached hydrogen (secondary N) is 3. The molecule has 1 aromatic heterocycles. The van der Waals surface area contributed by atoms with Crippen LogP contribution < -0.4 is 16.0 Å². The summed E-state index contributed by atoms with van der Waals surface area (Å²) in [4.78, 5) is 12.4. The van der Waals surface area contributed by atoms with Crippen LogP contribution >= 0.6 is 11.6 Å². The van der Waals surface area contributed by atoms with Crippen LogP contribution in [0.5, 0.6) is 0 Å². The molecule has 0 saturated heterocycles. The van der Waals surface area contributed by atoms with E-state index in [2.05, 4.69) is 22.9 Å². The van der Waals surface area contributed by atoms with Crippen LogP contribution in [0.1, 0.15) is 82.5 Å². The summed E-state index contributed by atoms with van der Waals surface area (Å²) in [5.41, 5.74) is 2.08. The zero-order chi connectivity index (χ0) is 21.8. The highest BCUT2D eigenvalue weighted by atomic mass is 35.5. The molecule has 4 rings (SSSR count). The Kier molecular flexibility index (Phi) is 7.09. The third kappa shape index (κ3) is 4.71. The quantitative estimate of drug-likeness (QED) is 0.366. The third-order valence-corrected chi connectivity index (χ3v) is 7.08. The third-order valence-electron chi connectivity index (χ3n) is 6.79. The van der Waals surface area contributed by atoms with E-state index in [0.717, 1.165) is 67.2 Å². The Morgan fingerprint density at radius 1 is 1.23 bits per heavy atom. The molecule has 6 nitrogen and oxygen atoms in total. The number of hydrogen-bond acceptors (Lipinski definition) is 4. The van der Waals surface area contributed by atoms with Gasteiger partial charge in [0.15, 0.2) is 0 Å². The molecule has 0 radical (unpaired) electrons. The summed E-state index contributed by atoms with van der Waals surface area (Å²) in [5, 5.41) is 20.6. The van der Waals surface area contributed by atoms with E-state index < -0.39 is 5.54 Å². The Morgan fingerprint density at radius 2 is 2.03 bits per heavy atom. The van der Waals surface area contributed by atoms with E-state index in [1.54, 1.807) is 0 Å². The van der Waals surface area contributed by atoms with Gasteiger partial charge in [-0.05, 0) is 37.8 Å². The maximum absolute atomic E-state index is 12.4. The fourth-order valence-corrected chi connectivity index (χ4v) is 5.47. The van der Waals surface area contributed by atoms with Crippen molar-refractivity contribution in [1.82, 2.24) is 10.6 Å². The number of amides is 2. The van der Waals surface area contributed by atoms with Crippen molar-refractivity contribution in [1.29, 1.82) is 0 Å². The second-order valence-corrected chi connectivity index (χ2v) is 9.45. The molecule has 2 aromatic rings. The lowest BCUT2D eigenvalue weighted by Gasteiger charge is -2.42. The Hall–Kier alpha value is -1.76. The van der Waals surface area contributed by atoms with Crippen molar-refractivity contribution >= 4 is 34.3 Å². The van der Waals surface area contributed by atoms with Crippen LogP contribution in [0.2, 0.25) is 5.02 Å². The normalized spacial score (nSPS) is 18.6. The number of hydrogen-bond donors (Lipinski definition) is 4. The van der Waals surface area contributed by atoms with Crippen LogP contribution in [-0.4, -0.2) is 23.8 Å². The van der Waals surface area contributed by atoms with Crippen molar-refractivity contribution in [3.05, 3.63) is 28.5 Å². The lowest BCUT2D eigenvalue weighted by atomic mass is 9.74. The Labute approximate surface area is 189 Å². The molecule has 0 bridgehead atoms. The monoisotopic (exact) mass is 447 g/mol. The van der Waals surface area contributed by atoms with Crippen LogP contribution in [0.4, 0.5) is 10.5 Å². The largest absolute Gasteiger partial charge is 0.459 e. The molecule has 1 atom stereocenters. The van der Waals surface area contributed by atoms with E-state index >= 15 is 0 Å². The molecule has 31 heavy (non-hydrogen) atoms. The molecule has 2 heterocycles. The number of benzene rings is 1. The zero-order valence-corrected chi connectivity index (χ0v) is 19.1. The first-order chi connectivity index (χ1) is 15.1. The first-order valence-corrected chi connectivity index (χ1v) is 12.1. The first-order valence-electron chi connectivity index (χ1n) is 11.7. The van der Waals surface area contributed by atoms with Gasteiger partial charge in [0.2, 0.25) is 0 Å². The Bertz CT molecular complexity index is 920. The number of carbonyl (C=O) groups is 1. The molecule has 1 fully saturated rings. The molecule has 7 heteroatoms. The van der Waals surface area contributed by atoms with Crippen LogP contribution in [0.15, 0.2) is 16.5 Å². The van der Waals surface area contributed by atoms with E-state index in [0.29, 0.717) is 17.3 Å². The smallest absolute Gasteiger partial charge is 0.319 e. The molecular formula is C24H34ClN3O3. The molecule has 1 saturated carbocycles. The molecule has 1 aromatic carbocycles. The van der Waals surface area contributed by atoms with Crippen molar-refractivity contribution in [3.8, 4) is 0 Å². The average molecular weight is 448 g/mol. The van der Waals surface area contributed by atoms with E-state index in [9.17, 15) is 9.90 Å².